The first-order valence-corrected chi connectivity index (χ1v) is 10.0. The number of thioether (sulfide) groups is 1. The highest BCUT2D eigenvalue weighted by Crippen LogP contribution is 2.17. The van der Waals surface area contributed by atoms with Crippen molar-refractivity contribution in [1.29, 1.82) is 0 Å². The van der Waals surface area contributed by atoms with Crippen molar-refractivity contribution in [3.8, 4) is 0 Å². The number of aryl methyl sites for hydroxylation is 2. The van der Waals surface area contributed by atoms with Gasteiger partial charge in [-0.15, -0.1) is 0 Å². The molecule has 0 unspecified atom stereocenters. The molecule has 2 rings (SSSR count). The summed E-state index contributed by atoms with van der Waals surface area (Å²) in [5.41, 5.74) is 3.54. The minimum Gasteiger partial charge on any atom is -0.456 e. The van der Waals surface area contributed by atoms with Crippen LogP contribution in [-0.2, 0) is 27.3 Å². The Labute approximate surface area is 168 Å². The van der Waals surface area contributed by atoms with Crippen molar-refractivity contribution in [1.82, 2.24) is 15.3 Å². The predicted molar refractivity (Wildman–Crippen MR) is 106 cm³/mol. The molecular formula is C19H22ClN3O3S. The van der Waals surface area contributed by atoms with Crippen molar-refractivity contribution < 1.29 is 14.3 Å². The van der Waals surface area contributed by atoms with E-state index in [9.17, 15) is 9.59 Å². The number of ether oxygens (including phenoxy) is 1. The van der Waals surface area contributed by atoms with Gasteiger partial charge in [-0.25, -0.2) is 9.97 Å². The molecule has 0 spiro atoms. The van der Waals surface area contributed by atoms with Crippen LogP contribution in [0.25, 0.3) is 0 Å². The van der Waals surface area contributed by atoms with Crippen LogP contribution < -0.4 is 5.32 Å². The summed E-state index contributed by atoms with van der Waals surface area (Å²) in [6.45, 7) is 3.82. The Hall–Kier alpha value is -2.12. The van der Waals surface area contributed by atoms with Crippen LogP contribution in [0, 0.1) is 13.8 Å². The first-order valence-electron chi connectivity index (χ1n) is 8.44. The second-order valence-corrected chi connectivity index (χ2v) is 7.14. The number of hydrogen-bond donors (Lipinski definition) is 1. The van der Waals surface area contributed by atoms with E-state index in [4.69, 9.17) is 16.3 Å². The molecule has 0 aliphatic rings. The molecule has 27 heavy (non-hydrogen) atoms. The third kappa shape index (κ3) is 6.84. The maximum atomic E-state index is 11.9. The van der Waals surface area contributed by atoms with Crippen LogP contribution in [0.5, 0.6) is 0 Å². The van der Waals surface area contributed by atoms with Gasteiger partial charge in [0.05, 0.1) is 0 Å². The Balaban J connectivity index is 1.75. The lowest BCUT2D eigenvalue weighted by atomic mass is 10.1. The molecule has 1 aromatic heterocycles. The Morgan fingerprint density at radius 2 is 1.93 bits per heavy atom. The SMILES string of the molecule is CSc1nc(C)c(CCC(=O)OCC(=O)NCc2cccc(Cl)c2)c(C)n1. The van der Waals surface area contributed by atoms with Gasteiger partial charge in [-0.3, -0.25) is 9.59 Å². The highest BCUT2D eigenvalue weighted by atomic mass is 35.5. The standard InChI is InChI=1S/C19H22ClN3O3S/c1-12-16(13(2)23-19(22-12)27-3)7-8-18(25)26-11-17(24)21-10-14-5-4-6-15(20)9-14/h4-6,9H,7-8,10-11H2,1-3H3,(H,21,24). The smallest absolute Gasteiger partial charge is 0.306 e. The number of rotatable bonds is 8. The van der Waals surface area contributed by atoms with Gasteiger partial charge in [-0.2, -0.15) is 0 Å². The van der Waals surface area contributed by atoms with Gasteiger partial charge in [0.15, 0.2) is 11.8 Å². The number of benzene rings is 1. The van der Waals surface area contributed by atoms with Gasteiger partial charge in [0.1, 0.15) is 0 Å². The van der Waals surface area contributed by atoms with E-state index < -0.39 is 5.97 Å². The number of nitrogens with zero attached hydrogens (tertiary/aromatic N) is 2. The lowest BCUT2D eigenvalue weighted by molar-refractivity contribution is -0.148. The fourth-order valence-electron chi connectivity index (χ4n) is 2.51. The summed E-state index contributed by atoms with van der Waals surface area (Å²) in [4.78, 5) is 32.5. The summed E-state index contributed by atoms with van der Waals surface area (Å²) in [6, 6.07) is 7.19. The summed E-state index contributed by atoms with van der Waals surface area (Å²) in [5.74, 6) is -0.788. The van der Waals surface area contributed by atoms with Gasteiger partial charge < -0.3 is 10.1 Å². The van der Waals surface area contributed by atoms with Crippen LogP contribution in [0.1, 0.15) is 28.9 Å². The number of carbonyl (C=O) groups is 2. The molecule has 1 aromatic carbocycles. The Bertz CT molecular complexity index is 807. The van der Waals surface area contributed by atoms with Crippen LogP contribution >= 0.6 is 23.4 Å². The van der Waals surface area contributed by atoms with Gasteiger partial charge in [0.25, 0.3) is 5.91 Å². The zero-order valence-electron chi connectivity index (χ0n) is 15.5. The van der Waals surface area contributed by atoms with E-state index in [-0.39, 0.29) is 18.9 Å². The molecule has 0 bridgehead atoms. The first kappa shape index (κ1) is 21.2. The zero-order valence-corrected chi connectivity index (χ0v) is 17.1. The van der Waals surface area contributed by atoms with Crippen LogP contribution in [0.3, 0.4) is 0 Å². The van der Waals surface area contributed by atoms with E-state index in [0.29, 0.717) is 23.1 Å². The van der Waals surface area contributed by atoms with Crippen molar-refractivity contribution in [2.24, 2.45) is 0 Å². The summed E-state index contributed by atoms with van der Waals surface area (Å²) < 4.78 is 5.04. The van der Waals surface area contributed by atoms with Crippen molar-refractivity contribution in [3.63, 3.8) is 0 Å². The van der Waals surface area contributed by atoms with Crippen LogP contribution in [-0.4, -0.2) is 34.7 Å². The van der Waals surface area contributed by atoms with Crippen molar-refractivity contribution in [2.45, 2.75) is 38.4 Å². The second kappa shape index (κ2) is 10.3. The molecule has 6 nitrogen and oxygen atoms in total. The third-order valence-electron chi connectivity index (χ3n) is 3.90. The average molecular weight is 408 g/mol. The molecule has 1 amide bonds. The third-order valence-corrected chi connectivity index (χ3v) is 4.69. The zero-order chi connectivity index (χ0) is 19.8. The fourth-order valence-corrected chi connectivity index (χ4v) is 3.17. The molecule has 1 N–H and O–H groups in total. The van der Waals surface area contributed by atoms with Crippen molar-refractivity contribution in [2.75, 3.05) is 12.9 Å². The molecule has 0 aliphatic heterocycles. The Kier molecular flexibility index (Phi) is 8.06. The maximum Gasteiger partial charge on any atom is 0.306 e. The monoisotopic (exact) mass is 407 g/mol. The van der Waals surface area contributed by atoms with Crippen molar-refractivity contribution >= 4 is 35.2 Å². The molecule has 0 radical (unpaired) electrons. The van der Waals surface area contributed by atoms with E-state index in [1.54, 1.807) is 12.1 Å². The van der Waals surface area contributed by atoms with Gasteiger partial charge in [0, 0.05) is 29.4 Å². The van der Waals surface area contributed by atoms with Crippen LogP contribution in [0.15, 0.2) is 29.4 Å². The molecule has 0 saturated heterocycles. The summed E-state index contributed by atoms with van der Waals surface area (Å²) >= 11 is 7.37. The minimum atomic E-state index is -0.430. The predicted octanol–water partition coefficient (Wildman–Crippen LogP) is 3.26. The van der Waals surface area contributed by atoms with Gasteiger partial charge in [-0.05, 0) is 49.8 Å². The lowest BCUT2D eigenvalue weighted by Crippen LogP contribution is -2.28. The Morgan fingerprint density at radius 1 is 1.22 bits per heavy atom. The molecular weight excluding hydrogens is 386 g/mol. The lowest BCUT2D eigenvalue weighted by Gasteiger charge is -2.10. The van der Waals surface area contributed by atoms with E-state index >= 15 is 0 Å². The second-order valence-electron chi connectivity index (χ2n) is 5.93. The molecule has 0 fully saturated rings. The number of amides is 1. The maximum absolute atomic E-state index is 11.9. The number of halogens is 1. The normalized spacial score (nSPS) is 10.5. The van der Waals surface area contributed by atoms with Crippen molar-refractivity contribution in [3.05, 3.63) is 51.8 Å². The van der Waals surface area contributed by atoms with Crippen LogP contribution in [0.4, 0.5) is 0 Å². The van der Waals surface area contributed by atoms with Gasteiger partial charge >= 0.3 is 5.97 Å². The number of hydrogen-bond acceptors (Lipinski definition) is 6. The van der Waals surface area contributed by atoms with E-state index in [2.05, 4.69) is 15.3 Å². The fraction of sp³-hybridized carbons (Fsp3) is 0.368. The summed E-state index contributed by atoms with van der Waals surface area (Å²) in [5, 5.41) is 4.01. The molecule has 0 saturated carbocycles. The molecule has 0 atom stereocenters. The van der Waals surface area contributed by atoms with Gasteiger partial charge in [0.2, 0.25) is 0 Å². The van der Waals surface area contributed by atoms with E-state index in [1.807, 2.05) is 32.2 Å². The molecule has 144 valence electrons. The quantitative estimate of drug-likeness (QED) is 0.411. The van der Waals surface area contributed by atoms with Crippen LogP contribution in [0.2, 0.25) is 5.02 Å². The first-order chi connectivity index (χ1) is 12.9. The average Bonchev–Trinajstić information content (AvgIpc) is 2.63. The minimum absolute atomic E-state index is 0.172. The Morgan fingerprint density at radius 3 is 2.56 bits per heavy atom. The number of nitrogens with one attached hydrogen (secondary N) is 1. The number of esters is 1. The number of aromatic nitrogens is 2. The largest absolute Gasteiger partial charge is 0.456 e. The van der Waals surface area contributed by atoms with Gasteiger partial charge in [-0.1, -0.05) is 35.5 Å². The summed E-state index contributed by atoms with van der Waals surface area (Å²) in [7, 11) is 0. The molecule has 0 aliphatic carbocycles. The molecule has 8 heteroatoms. The van der Waals surface area contributed by atoms with E-state index in [1.165, 1.54) is 11.8 Å². The summed E-state index contributed by atoms with van der Waals surface area (Å²) in [6.07, 6.45) is 2.57. The molecule has 1 heterocycles. The van der Waals surface area contributed by atoms with E-state index in [0.717, 1.165) is 22.5 Å². The highest BCUT2D eigenvalue weighted by molar-refractivity contribution is 7.98. The topological polar surface area (TPSA) is 81.2 Å². The highest BCUT2D eigenvalue weighted by Gasteiger charge is 2.12. The number of carbonyl (C=O) groups excluding carboxylic acids is 2. The molecule has 2 aromatic rings.